The second-order valence-electron chi connectivity index (χ2n) is 3.10. The van der Waals surface area contributed by atoms with E-state index in [-0.39, 0.29) is 0 Å². The van der Waals surface area contributed by atoms with E-state index in [1.165, 1.54) is 0 Å². The van der Waals surface area contributed by atoms with Crippen LogP contribution in [-0.4, -0.2) is 26.9 Å². The minimum atomic E-state index is -0.411. The summed E-state index contributed by atoms with van der Waals surface area (Å²) in [6.07, 6.45) is 3.44. The average Bonchev–Trinajstić information content (AvgIpc) is 2.66. The number of nitrogens with zero attached hydrogens (tertiary/aromatic N) is 3. The molecular formula is C10H11N3O2. The summed E-state index contributed by atoms with van der Waals surface area (Å²) >= 11 is 0. The maximum absolute atomic E-state index is 11.4. The smallest absolute Gasteiger partial charge is 0.357 e. The zero-order valence-electron chi connectivity index (χ0n) is 8.60. The summed E-state index contributed by atoms with van der Waals surface area (Å²) in [6.45, 7) is 4.00. The van der Waals surface area contributed by atoms with Crippen LogP contribution in [0.4, 0.5) is 0 Å². The number of rotatable bonds is 2. The van der Waals surface area contributed by atoms with Crippen molar-refractivity contribution in [3.63, 3.8) is 0 Å². The SMILES string of the molecule is CCOC(=O)c1cc(C)n2ccnc2n1. The fourth-order valence-corrected chi connectivity index (χ4v) is 1.37. The van der Waals surface area contributed by atoms with Crippen LogP contribution >= 0.6 is 0 Å². The van der Waals surface area contributed by atoms with Crippen LogP contribution in [0.15, 0.2) is 18.5 Å². The number of imidazole rings is 1. The summed E-state index contributed by atoms with van der Waals surface area (Å²) in [5, 5.41) is 0. The van der Waals surface area contributed by atoms with Crippen LogP contribution in [0.25, 0.3) is 5.78 Å². The lowest BCUT2D eigenvalue weighted by atomic mass is 10.3. The summed E-state index contributed by atoms with van der Waals surface area (Å²) in [5.41, 5.74) is 1.20. The van der Waals surface area contributed by atoms with Crippen LogP contribution < -0.4 is 0 Å². The standard InChI is InChI=1S/C10H11N3O2/c1-3-15-9(14)8-6-7(2)13-5-4-11-10(13)12-8/h4-6H,3H2,1-2H3. The Kier molecular flexibility index (Phi) is 2.37. The summed E-state index contributed by atoms with van der Waals surface area (Å²) < 4.78 is 6.68. The van der Waals surface area contributed by atoms with Gasteiger partial charge in [-0.2, -0.15) is 0 Å². The fourth-order valence-electron chi connectivity index (χ4n) is 1.37. The molecule has 0 aliphatic rings. The van der Waals surface area contributed by atoms with Gasteiger partial charge in [0, 0.05) is 18.1 Å². The van der Waals surface area contributed by atoms with Crippen LogP contribution in [0, 0.1) is 6.92 Å². The molecule has 0 aliphatic heterocycles. The van der Waals surface area contributed by atoms with Crippen molar-refractivity contribution in [2.45, 2.75) is 13.8 Å². The van der Waals surface area contributed by atoms with Crippen molar-refractivity contribution >= 4 is 11.7 Å². The van der Waals surface area contributed by atoms with Gasteiger partial charge < -0.3 is 4.74 Å². The third-order valence-electron chi connectivity index (χ3n) is 2.05. The van der Waals surface area contributed by atoms with Gasteiger partial charge in [0.05, 0.1) is 6.61 Å². The van der Waals surface area contributed by atoms with E-state index in [4.69, 9.17) is 4.74 Å². The Labute approximate surface area is 86.7 Å². The van der Waals surface area contributed by atoms with Crippen molar-refractivity contribution in [1.82, 2.24) is 14.4 Å². The molecule has 15 heavy (non-hydrogen) atoms. The molecule has 2 aromatic rings. The first kappa shape index (κ1) is 9.64. The molecule has 0 N–H and O–H groups in total. The Bertz CT molecular complexity index is 504. The maximum atomic E-state index is 11.4. The van der Waals surface area contributed by atoms with E-state index >= 15 is 0 Å². The van der Waals surface area contributed by atoms with Gasteiger partial charge in [-0.15, -0.1) is 0 Å². The quantitative estimate of drug-likeness (QED) is 0.691. The molecule has 0 spiro atoms. The number of ether oxygens (including phenoxy) is 1. The number of carbonyl (C=O) groups is 1. The van der Waals surface area contributed by atoms with Gasteiger partial charge in [0.25, 0.3) is 0 Å². The molecule has 0 saturated heterocycles. The molecule has 0 atom stereocenters. The van der Waals surface area contributed by atoms with Crippen molar-refractivity contribution in [1.29, 1.82) is 0 Å². The van der Waals surface area contributed by atoms with Crippen molar-refractivity contribution in [2.24, 2.45) is 0 Å². The highest BCUT2D eigenvalue weighted by molar-refractivity contribution is 5.87. The monoisotopic (exact) mass is 205 g/mol. The van der Waals surface area contributed by atoms with Crippen LogP contribution in [0.3, 0.4) is 0 Å². The second kappa shape index (κ2) is 3.68. The van der Waals surface area contributed by atoms with Crippen LogP contribution in [0.1, 0.15) is 23.1 Å². The molecule has 0 aromatic carbocycles. The molecule has 0 aliphatic carbocycles. The van der Waals surface area contributed by atoms with E-state index in [2.05, 4.69) is 9.97 Å². The highest BCUT2D eigenvalue weighted by atomic mass is 16.5. The predicted octanol–water partition coefficient (Wildman–Crippen LogP) is 1.21. The summed E-state index contributed by atoms with van der Waals surface area (Å²) in [7, 11) is 0. The summed E-state index contributed by atoms with van der Waals surface area (Å²) in [5.74, 6) is 0.101. The molecule has 78 valence electrons. The molecule has 2 aromatic heterocycles. The van der Waals surface area contributed by atoms with Gasteiger partial charge in [-0.25, -0.2) is 14.8 Å². The number of fused-ring (bicyclic) bond motifs is 1. The first-order chi connectivity index (χ1) is 7.22. The average molecular weight is 205 g/mol. The van der Waals surface area contributed by atoms with E-state index in [0.717, 1.165) is 5.69 Å². The number of hydrogen-bond acceptors (Lipinski definition) is 4. The summed E-state index contributed by atoms with van der Waals surface area (Å²) in [4.78, 5) is 19.6. The van der Waals surface area contributed by atoms with Gasteiger partial charge in [0.2, 0.25) is 5.78 Å². The molecule has 0 fully saturated rings. The first-order valence-corrected chi connectivity index (χ1v) is 4.70. The van der Waals surface area contributed by atoms with Gasteiger partial charge in [-0.3, -0.25) is 4.40 Å². The number of aryl methyl sites for hydroxylation is 1. The molecule has 2 heterocycles. The largest absolute Gasteiger partial charge is 0.461 e. The van der Waals surface area contributed by atoms with E-state index in [1.807, 2.05) is 11.3 Å². The predicted molar refractivity (Wildman–Crippen MR) is 53.7 cm³/mol. The van der Waals surface area contributed by atoms with E-state index < -0.39 is 5.97 Å². The molecule has 0 unspecified atom stereocenters. The Hall–Kier alpha value is -1.91. The lowest BCUT2D eigenvalue weighted by Gasteiger charge is -2.03. The third kappa shape index (κ3) is 1.68. The fraction of sp³-hybridized carbons (Fsp3) is 0.300. The minimum Gasteiger partial charge on any atom is -0.461 e. The molecule has 5 nitrogen and oxygen atoms in total. The van der Waals surface area contributed by atoms with Gasteiger partial charge in [-0.05, 0) is 19.9 Å². The highest BCUT2D eigenvalue weighted by Crippen LogP contribution is 2.06. The number of esters is 1. The lowest BCUT2D eigenvalue weighted by Crippen LogP contribution is -2.09. The molecule has 0 bridgehead atoms. The topological polar surface area (TPSA) is 56.5 Å². The number of aromatic nitrogens is 3. The minimum absolute atomic E-state index is 0.299. The van der Waals surface area contributed by atoms with E-state index in [9.17, 15) is 4.79 Å². The first-order valence-electron chi connectivity index (χ1n) is 4.70. The van der Waals surface area contributed by atoms with Crippen molar-refractivity contribution in [3.05, 3.63) is 29.8 Å². The van der Waals surface area contributed by atoms with Crippen LogP contribution in [0.2, 0.25) is 0 Å². The molecule has 0 saturated carbocycles. The second-order valence-corrected chi connectivity index (χ2v) is 3.10. The van der Waals surface area contributed by atoms with Crippen molar-refractivity contribution in [2.75, 3.05) is 6.61 Å². The number of carbonyl (C=O) groups excluding carboxylic acids is 1. The van der Waals surface area contributed by atoms with Crippen molar-refractivity contribution < 1.29 is 9.53 Å². The lowest BCUT2D eigenvalue weighted by molar-refractivity contribution is 0.0519. The van der Waals surface area contributed by atoms with Gasteiger partial charge >= 0.3 is 5.97 Å². The Morgan fingerprint density at radius 2 is 2.40 bits per heavy atom. The van der Waals surface area contributed by atoms with Gasteiger partial charge in [0.15, 0.2) is 5.69 Å². The Morgan fingerprint density at radius 1 is 1.60 bits per heavy atom. The zero-order valence-corrected chi connectivity index (χ0v) is 8.60. The van der Waals surface area contributed by atoms with E-state index in [1.54, 1.807) is 25.4 Å². The van der Waals surface area contributed by atoms with Gasteiger partial charge in [0.1, 0.15) is 0 Å². The Balaban J connectivity index is 2.49. The maximum Gasteiger partial charge on any atom is 0.357 e. The number of hydrogen-bond donors (Lipinski definition) is 0. The molecule has 0 amide bonds. The van der Waals surface area contributed by atoms with E-state index in [0.29, 0.717) is 18.1 Å². The van der Waals surface area contributed by atoms with Crippen molar-refractivity contribution in [3.8, 4) is 0 Å². The Morgan fingerprint density at radius 3 is 3.13 bits per heavy atom. The molecule has 0 radical (unpaired) electrons. The van der Waals surface area contributed by atoms with Crippen LogP contribution in [0.5, 0.6) is 0 Å². The molecule has 2 rings (SSSR count). The summed E-state index contributed by atoms with van der Waals surface area (Å²) in [6, 6.07) is 1.69. The van der Waals surface area contributed by atoms with Gasteiger partial charge in [-0.1, -0.05) is 0 Å². The highest BCUT2D eigenvalue weighted by Gasteiger charge is 2.11. The third-order valence-corrected chi connectivity index (χ3v) is 2.05. The molecular weight excluding hydrogens is 194 g/mol. The molecule has 5 heteroatoms. The normalized spacial score (nSPS) is 10.5. The zero-order chi connectivity index (χ0) is 10.8. The van der Waals surface area contributed by atoms with Crippen LogP contribution in [-0.2, 0) is 4.74 Å².